The zero-order valence-corrected chi connectivity index (χ0v) is 14.2. The molecule has 148 valence electrons. The number of aliphatic hydroxyl groups excluding tert-OH is 2. The first-order valence-corrected chi connectivity index (χ1v) is 8.04. The SMILES string of the molecule is O=C(O)NCc1cc(-c2ccc(C(F)(F)F)cc2)c2ncoc2c1C(O)CO. The van der Waals surface area contributed by atoms with E-state index in [9.17, 15) is 28.2 Å². The van der Waals surface area contributed by atoms with E-state index in [-0.39, 0.29) is 23.2 Å². The van der Waals surface area contributed by atoms with Gasteiger partial charge in [-0.1, -0.05) is 12.1 Å². The van der Waals surface area contributed by atoms with Crippen LogP contribution < -0.4 is 5.32 Å². The summed E-state index contributed by atoms with van der Waals surface area (Å²) >= 11 is 0. The van der Waals surface area contributed by atoms with E-state index >= 15 is 0 Å². The number of halogens is 3. The lowest BCUT2D eigenvalue weighted by molar-refractivity contribution is -0.137. The van der Waals surface area contributed by atoms with Gasteiger partial charge in [0, 0.05) is 17.7 Å². The number of rotatable bonds is 5. The average Bonchev–Trinajstić information content (AvgIpc) is 3.13. The molecule has 0 saturated carbocycles. The Bertz CT molecular complexity index is 999. The van der Waals surface area contributed by atoms with Gasteiger partial charge in [0.15, 0.2) is 12.0 Å². The van der Waals surface area contributed by atoms with Crippen LogP contribution in [0.3, 0.4) is 0 Å². The molecule has 0 aliphatic heterocycles. The van der Waals surface area contributed by atoms with Crippen LogP contribution in [0.5, 0.6) is 0 Å². The van der Waals surface area contributed by atoms with Crippen LogP contribution in [0.25, 0.3) is 22.2 Å². The summed E-state index contributed by atoms with van der Waals surface area (Å²) in [4.78, 5) is 14.9. The predicted molar refractivity (Wildman–Crippen MR) is 91.4 cm³/mol. The third-order valence-corrected chi connectivity index (χ3v) is 4.19. The van der Waals surface area contributed by atoms with E-state index in [0.717, 1.165) is 18.5 Å². The van der Waals surface area contributed by atoms with Gasteiger partial charge in [-0.25, -0.2) is 9.78 Å². The molecule has 1 aromatic heterocycles. The summed E-state index contributed by atoms with van der Waals surface area (Å²) in [5, 5.41) is 30.5. The molecule has 1 atom stereocenters. The average molecular weight is 396 g/mol. The monoisotopic (exact) mass is 396 g/mol. The second-order valence-electron chi connectivity index (χ2n) is 5.96. The smallest absolute Gasteiger partial charge is 0.416 e. The van der Waals surface area contributed by atoms with Crippen LogP contribution >= 0.6 is 0 Å². The number of carbonyl (C=O) groups is 1. The van der Waals surface area contributed by atoms with Crippen molar-refractivity contribution in [2.24, 2.45) is 0 Å². The molecular formula is C18H15F3N2O5. The fourth-order valence-electron chi connectivity index (χ4n) is 2.93. The largest absolute Gasteiger partial charge is 0.465 e. The highest BCUT2D eigenvalue weighted by molar-refractivity contribution is 5.93. The van der Waals surface area contributed by atoms with E-state index in [1.807, 2.05) is 0 Å². The summed E-state index contributed by atoms with van der Waals surface area (Å²) in [6, 6.07) is 5.88. The van der Waals surface area contributed by atoms with Gasteiger partial charge in [0.2, 0.25) is 0 Å². The molecule has 1 amide bonds. The molecule has 7 nitrogen and oxygen atoms in total. The highest BCUT2D eigenvalue weighted by Crippen LogP contribution is 2.37. The molecule has 3 rings (SSSR count). The second-order valence-corrected chi connectivity index (χ2v) is 5.96. The molecule has 0 saturated heterocycles. The van der Waals surface area contributed by atoms with Crippen molar-refractivity contribution in [1.82, 2.24) is 10.3 Å². The summed E-state index contributed by atoms with van der Waals surface area (Å²) in [5.41, 5.74) is 0.805. The van der Waals surface area contributed by atoms with E-state index < -0.39 is 30.5 Å². The topological polar surface area (TPSA) is 116 Å². The van der Waals surface area contributed by atoms with E-state index in [2.05, 4.69) is 10.3 Å². The molecular weight excluding hydrogens is 381 g/mol. The Morgan fingerprint density at radius 2 is 1.93 bits per heavy atom. The summed E-state index contributed by atoms with van der Waals surface area (Å²) in [6.45, 7) is -0.860. The van der Waals surface area contributed by atoms with Crippen molar-refractivity contribution in [3.05, 3.63) is 53.4 Å². The summed E-state index contributed by atoms with van der Waals surface area (Å²) in [5.74, 6) is 0. The standard InChI is InChI=1S/C18H15F3N2O5/c19-18(20,21)11-3-1-9(2-4-11)12-5-10(6-22-17(26)27)14(13(25)7-24)16-15(12)23-8-28-16/h1-5,8,13,22,24-25H,6-7H2,(H,26,27). The molecule has 1 heterocycles. The molecule has 0 aliphatic rings. The lowest BCUT2D eigenvalue weighted by Gasteiger charge is -2.16. The fraction of sp³-hybridized carbons (Fsp3) is 0.222. The number of nitrogens with zero attached hydrogens (tertiary/aromatic N) is 1. The van der Waals surface area contributed by atoms with Crippen LogP contribution in [0.15, 0.2) is 41.1 Å². The molecule has 0 radical (unpaired) electrons. The van der Waals surface area contributed by atoms with Gasteiger partial charge in [-0.3, -0.25) is 0 Å². The molecule has 0 spiro atoms. The van der Waals surface area contributed by atoms with E-state index in [1.54, 1.807) is 0 Å². The van der Waals surface area contributed by atoms with Gasteiger partial charge in [-0.15, -0.1) is 0 Å². The van der Waals surface area contributed by atoms with Crippen LogP contribution in [0.1, 0.15) is 22.8 Å². The molecule has 10 heteroatoms. The van der Waals surface area contributed by atoms with Crippen molar-refractivity contribution in [3.8, 4) is 11.1 Å². The van der Waals surface area contributed by atoms with Gasteiger partial charge >= 0.3 is 12.3 Å². The molecule has 3 aromatic rings. The molecule has 2 aromatic carbocycles. The second kappa shape index (κ2) is 7.49. The number of aromatic nitrogens is 1. The van der Waals surface area contributed by atoms with Gasteiger partial charge in [0.1, 0.15) is 11.6 Å². The van der Waals surface area contributed by atoms with Crippen LogP contribution in [0.4, 0.5) is 18.0 Å². The van der Waals surface area contributed by atoms with Gasteiger partial charge in [-0.05, 0) is 29.3 Å². The number of hydrogen-bond acceptors (Lipinski definition) is 5. The lowest BCUT2D eigenvalue weighted by atomic mass is 9.94. The molecule has 0 fully saturated rings. The van der Waals surface area contributed by atoms with Crippen molar-refractivity contribution < 1.29 is 37.7 Å². The van der Waals surface area contributed by atoms with E-state index in [4.69, 9.17) is 9.52 Å². The number of fused-ring (bicyclic) bond motifs is 1. The third kappa shape index (κ3) is 3.78. The van der Waals surface area contributed by atoms with Gasteiger partial charge in [0.05, 0.1) is 12.2 Å². The van der Waals surface area contributed by atoms with E-state index in [1.165, 1.54) is 18.2 Å². The van der Waals surface area contributed by atoms with Crippen molar-refractivity contribution in [2.75, 3.05) is 6.61 Å². The number of alkyl halides is 3. The quantitative estimate of drug-likeness (QED) is 0.526. The number of nitrogens with one attached hydrogen (secondary N) is 1. The predicted octanol–water partition coefficient (Wildman–Crippen LogP) is 3.31. The number of hydrogen-bond donors (Lipinski definition) is 4. The maximum atomic E-state index is 12.8. The number of aliphatic hydroxyl groups is 2. The van der Waals surface area contributed by atoms with Crippen LogP contribution in [0.2, 0.25) is 0 Å². The van der Waals surface area contributed by atoms with Gasteiger partial charge in [-0.2, -0.15) is 13.2 Å². The maximum absolute atomic E-state index is 12.8. The Hall–Kier alpha value is -3.11. The fourth-order valence-corrected chi connectivity index (χ4v) is 2.93. The number of amides is 1. The van der Waals surface area contributed by atoms with Crippen molar-refractivity contribution >= 4 is 17.2 Å². The summed E-state index contributed by atoms with van der Waals surface area (Å²) in [7, 11) is 0. The maximum Gasteiger partial charge on any atom is 0.416 e. The van der Waals surface area contributed by atoms with Crippen molar-refractivity contribution in [1.29, 1.82) is 0 Å². The highest BCUT2D eigenvalue weighted by Gasteiger charge is 2.30. The minimum absolute atomic E-state index is 0.112. The van der Waals surface area contributed by atoms with Gasteiger partial charge in [0.25, 0.3) is 0 Å². The van der Waals surface area contributed by atoms with Gasteiger partial charge < -0.3 is 25.1 Å². The van der Waals surface area contributed by atoms with Crippen LogP contribution in [0, 0.1) is 0 Å². The molecule has 4 N–H and O–H groups in total. The lowest BCUT2D eigenvalue weighted by Crippen LogP contribution is -2.22. The van der Waals surface area contributed by atoms with E-state index in [0.29, 0.717) is 16.7 Å². The summed E-state index contributed by atoms with van der Waals surface area (Å²) < 4.78 is 43.7. The third-order valence-electron chi connectivity index (χ3n) is 4.19. The van der Waals surface area contributed by atoms with Crippen molar-refractivity contribution in [2.45, 2.75) is 18.8 Å². The number of oxazole rings is 1. The Labute approximate surface area is 156 Å². The van der Waals surface area contributed by atoms with Crippen molar-refractivity contribution in [3.63, 3.8) is 0 Å². The molecule has 0 bridgehead atoms. The number of carboxylic acid groups (broad SMARTS) is 1. The Balaban J connectivity index is 2.17. The normalized spacial score (nSPS) is 12.9. The molecule has 1 unspecified atom stereocenters. The first-order valence-electron chi connectivity index (χ1n) is 8.04. The summed E-state index contributed by atoms with van der Waals surface area (Å²) in [6.07, 6.45) is -6.05. The zero-order valence-electron chi connectivity index (χ0n) is 14.2. The molecule has 28 heavy (non-hydrogen) atoms. The Morgan fingerprint density at radius 1 is 1.25 bits per heavy atom. The number of benzene rings is 2. The Kier molecular flexibility index (Phi) is 5.25. The first kappa shape index (κ1) is 19.6. The van der Waals surface area contributed by atoms with Crippen LogP contribution in [-0.2, 0) is 12.7 Å². The minimum Gasteiger partial charge on any atom is -0.465 e. The zero-order chi connectivity index (χ0) is 20.5. The Morgan fingerprint density at radius 3 is 2.50 bits per heavy atom. The minimum atomic E-state index is -4.48. The van der Waals surface area contributed by atoms with Crippen LogP contribution in [-0.4, -0.2) is 33.0 Å². The first-order chi connectivity index (χ1) is 13.2. The highest BCUT2D eigenvalue weighted by atomic mass is 19.4. The molecule has 0 aliphatic carbocycles.